The van der Waals surface area contributed by atoms with Gasteiger partial charge in [-0.15, -0.1) is 0 Å². The fraction of sp³-hybridized carbons (Fsp3) is 0.281. The first kappa shape index (κ1) is 35.5. The number of esters is 1. The number of non-ortho nitro benzene ring substituents is 1. The average Bonchev–Trinajstić information content (AvgIpc) is 3.06. The molecule has 0 aliphatic carbocycles. The number of allylic oxidation sites excluding steroid dienone is 1. The molecule has 2 amide bonds. The van der Waals surface area contributed by atoms with E-state index in [1.54, 1.807) is 56.3 Å². The number of rotatable bonds is 15. The lowest BCUT2D eigenvalue weighted by Gasteiger charge is -2.28. The maximum Gasteiger partial charge on any atom is 0.337 e. The highest BCUT2D eigenvalue weighted by atomic mass is 79.9. The molecular weight excluding hydrogens is 694 g/mol. The highest BCUT2D eigenvalue weighted by molar-refractivity contribution is 9.10. The fourth-order valence-electron chi connectivity index (χ4n) is 4.69. The van der Waals surface area contributed by atoms with E-state index >= 15 is 0 Å². The second-order valence-corrected chi connectivity index (χ2v) is 11.0. The average molecular weight is 729 g/mol. The third-order valence-electron chi connectivity index (χ3n) is 6.87. The Morgan fingerprint density at radius 3 is 2.62 bits per heavy atom. The van der Waals surface area contributed by atoms with E-state index in [1.807, 2.05) is 0 Å². The molecule has 0 fully saturated rings. The van der Waals surface area contributed by atoms with Gasteiger partial charge in [0.1, 0.15) is 13.2 Å². The summed E-state index contributed by atoms with van der Waals surface area (Å²) in [6.07, 6.45) is 0.252. The summed E-state index contributed by atoms with van der Waals surface area (Å²) in [6, 6.07) is 13.2. The molecule has 0 unspecified atom stereocenters. The summed E-state index contributed by atoms with van der Waals surface area (Å²) in [6.45, 7) is 3.58. The molecule has 2 atom stereocenters. The molecule has 3 aromatic carbocycles. The first-order valence-corrected chi connectivity index (χ1v) is 15.3. The number of hydrogen-bond acceptors (Lipinski definition) is 12. The van der Waals surface area contributed by atoms with Crippen LogP contribution in [0.2, 0.25) is 0 Å². The SMILES string of the molecule is CCOc1cc([C@H]2NC(=O)NC(C)=C2C(=O)OC)ccc1OC[C@H](O)N/N=C\c1cc(Br)c(OCc2cccc([N+](=O)[O-])c2)c(OC)c1. The standard InChI is InChI=1S/C32H34BrN5O10/c1-5-46-25-14-21(29-28(31(40)45-4)18(2)35-32(41)36-29)9-10-24(25)47-17-27(39)37-34-15-20-12-23(33)30(26(13-20)44-3)48-16-19-7-6-8-22(11-19)38(42)43/h6-15,27,29,37,39H,5,16-17H2,1-4H3,(H2,35,36,41)/b34-15-/t27-,29+/m0/s1. The van der Waals surface area contributed by atoms with Gasteiger partial charge in [0.25, 0.3) is 5.69 Å². The van der Waals surface area contributed by atoms with Gasteiger partial charge in [0.2, 0.25) is 0 Å². The van der Waals surface area contributed by atoms with Crippen molar-refractivity contribution < 1.29 is 43.3 Å². The molecule has 0 saturated heterocycles. The Kier molecular flexibility index (Phi) is 12.2. The van der Waals surface area contributed by atoms with Crippen LogP contribution in [0.15, 0.2) is 75.4 Å². The van der Waals surface area contributed by atoms with Gasteiger partial charge in [0, 0.05) is 17.8 Å². The van der Waals surface area contributed by atoms with Crippen LogP contribution >= 0.6 is 15.9 Å². The fourth-order valence-corrected chi connectivity index (χ4v) is 5.26. The number of benzene rings is 3. The molecule has 0 spiro atoms. The zero-order valence-electron chi connectivity index (χ0n) is 26.4. The van der Waals surface area contributed by atoms with E-state index in [2.05, 4.69) is 37.1 Å². The Balaban J connectivity index is 1.39. The number of carbonyl (C=O) groups is 2. The third kappa shape index (κ3) is 8.92. The van der Waals surface area contributed by atoms with E-state index in [1.165, 1.54) is 32.6 Å². The van der Waals surface area contributed by atoms with E-state index in [0.29, 0.717) is 56.5 Å². The van der Waals surface area contributed by atoms with Crippen molar-refractivity contribution >= 4 is 39.8 Å². The van der Waals surface area contributed by atoms with E-state index < -0.39 is 29.2 Å². The summed E-state index contributed by atoms with van der Waals surface area (Å²) < 4.78 is 28.4. The summed E-state index contributed by atoms with van der Waals surface area (Å²) in [4.78, 5) is 35.2. The van der Waals surface area contributed by atoms with Gasteiger partial charge in [0.15, 0.2) is 29.2 Å². The Bertz CT molecular complexity index is 1730. The number of methoxy groups -OCH3 is 2. The summed E-state index contributed by atoms with van der Waals surface area (Å²) in [5.74, 6) is 0.853. The number of carbonyl (C=O) groups excluding carboxylic acids is 2. The van der Waals surface area contributed by atoms with Crippen LogP contribution in [0.5, 0.6) is 23.0 Å². The molecule has 48 heavy (non-hydrogen) atoms. The zero-order chi connectivity index (χ0) is 34.8. The normalized spacial score (nSPS) is 14.9. The number of nitro benzene ring substituents is 1. The predicted octanol–water partition coefficient (Wildman–Crippen LogP) is 4.47. The summed E-state index contributed by atoms with van der Waals surface area (Å²) in [5.41, 5.74) is 4.96. The van der Waals surface area contributed by atoms with Crippen molar-refractivity contribution in [1.29, 1.82) is 0 Å². The lowest BCUT2D eigenvalue weighted by molar-refractivity contribution is -0.384. The van der Waals surface area contributed by atoms with Crippen LogP contribution in [0.4, 0.5) is 10.5 Å². The van der Waals surface area contributed by atoms with Gasteiger partial charge in [-0.2, -0.15) is 5.10 Å². The van der Waals surface area contributed by atoms with Crippen LogP contribution in [0, 0.1) is 10.1 Å². The molecule has 0 aromatic heterocycles. The van der Waals surface area contributed by atoms with Crippen molar-refractivity contribution in [3.8, 4) is 23.0 Å². The van der Waals surface area contributed by atoms with E-state index in [4.69, 9.17) is 23.7 Å². The molecule has 0 saturated carbocycles. The number of hydrogen-bond donors (Lipinski definition) is 4. The number of nitrogens with one attached hydrogen (secondary N) is 3. The van der Waals surface area contributed by atoms with Crippen molar-refractivity contribution in [2.45, 2.75) is 32.7 Å². The van der Waals surface area contributed by atoms with Gasteiger partial charge in [-0.1, -0.05) is 18.2 Å². The minimum Gasteiger partial charge on any atom is -0.493 e. The van der Waals surface area contributed by atoms with Gasteiger partial charge in [0.05, 0.1) is 48.1 Å². The smallest absolute Gasteiger partial charge is 0.337 e. The summed E-state index contributed by atoms with van der Waals surface area (Å²) in [7, 11) is 2.74. The Labute approximate surface area is 284 Å². The van der Waals surface area contributed by atoms with Gasteiger partial charge >= 0.3 is 12.0 Å². The first-order valence-electron chi connectivity index (χ1n) is 14.5. The molecule has 1 aliphatic rings. The monoisotopic (exact) mass is 727 g/mol. The number of urea groups is 1. The van der Waals surface area contributed by atoms with Crippen LogP contribution in [-0.2, 0) is 16.1 Å². The van der Waals surface area contributed by atoms with Gasteiger partial charge in [-0.05, 0) is 70.7 Å². The number of aliphatic hydroxyl groups excluding tert-OH is 1. The summed E-state index contributed by atoms with van der Waals surface area (Å²) in [5, 5.41) is 30.9. The van der Waals surface area contributed by atoms with Crippen molar-refractivity contribution in [3.63, 3.8) is 0 Å². The molecule has 1 heterocycles. The van der Waals surface area contributed by atoms with Crippen LogP contribution in [-0.4, -0.2) is 61.9 Å². The first-order chi connectivity index (χ1) is 23.0. The topological polar surface area (TPSA) is 192 Å². The van der Waals surface area contributed by atoms with Crippen LogP contribution in [0.3, 0.4) is 0 Å². The lowest BCUT2D eigenvalue weighted by atomic mass is 9.95. The highest BCUT2D eigenvalue weighted by Gasteiger charge is 2.32. The van der Waals surface area contributed by atoms with Crippen molar-refractivity contribution in [2.24, 2.45) is 5.10 Å². The maximum absolute atomic E-state index is 12.5. The number of halogens is 1. The number of nitro groups is 1. The molecule has 4 rings (SSSR count). The number of nitrogens with zero attached hydrogens (tertiary/aromatic N) is 2. The van der Waals surface area contributed by atoms with Crippen LogP contribution in [0.1, 0.15) is 36.6 Å². The van der Waals surface area contributed by atoms with Gasteiger partial charge < -0.3 is 39.4 Å². The highest BCUT2D eigenvalue weighted by Crippen LogP contribution is 2.37. The third-order valence-corrected chi connectivity index (χ3v) is 7.45. The Morgan fingerprint density at radius 1 is 1.12 bits per heavy atom. The largest absolute Gasteiger partial charge is 0.493 e. The molecule has 0 bridgehead atoms. The number of aliphatic hydroxyl groups is 1. The van der Waals surface area contributed by atoms with Crippen molar-refractivity contribution in [3.05, 3.63) is 97.1 Å². The van der Waals surface area contributed by atoms with Gasteiger partial charge in [-0.25, -0.2) is 9.59 Å². The minimum atomic E-state index is -1.21. The van der Waals surface area contributed by atoms with Crippen LogP contribution in [0.25, 0.3) is 0 Å². The van der Waals surface area contributed by atoms with E-state index in [-0.39, 0.29) is 24.5 Å². The molecule has 3 aromatic rings. The molecule has 15 nitrogen and oxygen atoms in total. The number of amides is 2. The maximum atomic E-state index is 12.5. The molecule has 1 aliphatic heterocycles. The van der Waals surface area contributed by atoms with Crippen molar-refractivity contribution in [2.75, 3.05) is 27.4 Å². The quantitative estimate of drug-likeness (QED) is 0.0568. The van der Waals surface area contributed by atoms with Crippen LogP contribution < -0.4 is 35.0 Å². The number of hydrazone groups is 1. The number of ether oxygens (including phenoxy) is 5. The molecular formula is C32H34BrN5O10. The van der Waals surface area contributed by atoms with E-state index in [9.17, 15) is 24.8 Å². The van der Waals surface area contributed by atoms with E-state index in [0.717, 1.165) is 0 Å². The Morgan fingerprint density at radius 2 is 1.92 bits per heavy atom. The molecule has 4 N–H and O–H groups in total. The second kappa shape index (κ2) is 16.5. The minimum absolute atomic E-state index is 0.0337. The Hall–Kier alpha value is -5.35. The second-order valence-electron chi connectivity index (χ2n) is 10.2. The zero-order valence-corrected chi connectivity index (χ0v) is 28.0. The lowest BCUT2D eigenvalue weighted by Crippen LogP contribution is -2.45. The molecule has 16 heteroatoms. The van der Waals surface area contributed by atoms with Gasteiger partial charge in [-0.3, -0.25) is 15.5 Å². The molecule has 254 valence electrons. The summed E-state index contributed by atoms with van der Waals surface area (Å²) >= 11 is 3.47. The van der Waals surface area contributed by atoms with Crippen molar-refractivity contribution in [1.82, 2.24) is 16.1 Å². The predicted molar refractivity (Wildman–Crippen MR) is 177 cm³/mol. The molecule has 0 radical (unpaired) electrons.